The molecule has 2 aromatic carbocycles. The van der Waals surface area contributed by atoms with Gasteiger partial charge in [0.05, 0.1) is 0 Å². The van der Waals surface area contributed by atoms with E-state index in [-0.39, 0.29) is 0 Å². The summed E-state index contributed by atoms with van der Waals surface area (Å²) in [5.41, 5.74) is 1.45. The van der Waals surface area contributed by atoms with Crippen molar-refractivity contribution in [2.45, 2.75) is 25.0 Å². The Bertz CT molecular complexity index is 576. The standard InChI is InChI=1S/C17H20O2S/c1-2-18-12-19-16-10-9-15(17-8-5-11-20-17)13-6-3-4-7-14(13)16/h3-4,6-7,9-10,17H,2,5,8,11-12H2,1H3. The van der Waals surface area contributed by atoms with E-state index in [9.17, 15) is 0 Å². The van der Waals surface area contributed by atoms with Gasteiger partial charge in [-0.3, -0.25) is 0 Å². The molecule has 0 radical (unpaired) electrons. The Balaban J connectivity index is 1.96. The first-order valence-corrected chi connectivity index (χ1v) is 8.29. The Hall–Kier alpha value is -1.19. The molecule has 1 atom stereocenters. The summed E-state index contributed by atoms with van der Waals surface area (Å²) in [6.07, 6.45) is 2.61. The summed E-state index contributed by atoms with van der Waals surface area (Å²) in [6.45, 7) is 2.97. The van der Waals surface area contributed by atoms with Crippen LogP contribution in [0.4, 0.5) is 0 Å². The molecule has 20 heavy (non-hydrogen) atoms. The average molecular weight is 288 g/mol. The summed E-state index contributed by atoms with van der Waals surface area (Å²) in [6, 6.07) is 12.8. The van der Waals surface area contributed by atoms with E-state index in [1.54, 1.807) is 0 Å². The lowest BCUT2D eigenvalue weighted by Crippen LogP contribution is -2.03. The van der Waals surface area contributed by atoms with E-state index < -0.39 is 0 Å². The third-order valence-corrected chi connectivity index (χ3v) is 5.11. The average Bonchev–Trinajstić information content (AvgIpc) is 3.01. The van der Waals surface area contributed by atoms with Gasteiger partial charge in [-0.2, -0.15) is 11.8 Å². The van der Waals surface area contributed by atoms with Gasteiger partial charge in [0.1, 0.15) is 5.75 Å². The van der Waals surface area contributed by atoms with E-state index in [1.165, 1.54) is 34.9 Å². The monoisotopic (exact) mass is 288 g/mol. The number of ether oxygens (including phenoxy) is 2. The number of benzene rings is 2. The van der Waals surface area contributed by atoms with Crippen molar-refractivity contribution in [3.63, 3.8) is 0 Å². The molecular weight excluding hydrogens is 268 g/mol. The molecule has 3 heteroatoms. The van der Waals surface area contributed by atoms with Gasteiger partial charge in [-0.1, -0.05) is 30.3 Å². The molecule has 0 amide bonds. The molecule has 1 heterocycles. The molecule has 2 aromatic rings. The minimum absolute atomic E-state index is 0.317. The van der Waals surface area contributed by atoms with Crippen LogP contribution in [-0.4, -0.2) is 19.2 Å². The molecule has 0 aliphatic carbocycles. The molecule has 1 aliphatic heterocycles. The largest absolute Gasteiger partial charge is 0.467 e. The van der Waals surface area contributed by atoms with Crippen LogP contribution in [0.3, 0.4) is 0 Å². The Kier molecular flexibility index (Phi) is 4.48. The van der Waals surface area contributed by atoms with Crippen molar-refractivity contribution in [2.24, 2.45) is 0 Å². The van der Waals surface area contributed by atoms with Crippen LogP contribution < -0.4 is 4.74 Å². The number of hydrogen-bond donors (Lipinski definition) is 0. The fraction of sp³-hybridized carbons (Fsp3) is 0.412. The Morgan fingerprint density at radius 1 is 1.15 bits per heavy atom. The number of hydrogen-bond acceptors (Lipinski definition) is 3. The second kappa shape index (κ2) is 6.51. The zero-order valence-electron chi connectivity index (χ0n) is 11.8. The van der Waals surface area contributed by atoms with Crippen molar-refractivity contribution in [1.29, 1.82) is 0 Å². The predicted molar refractivity (Wildman–Crippen MR) is 85.5 cm³/mol. The molecule has 0 bridgehead atoms. The normalized spacial score (nSPS) is 18.6. The highest BCUT2D eigenvalue weighted by atomic mass is 32.2. The molecular formula is C17H20O2S. The molecule has 0 aromatic heterocycles. The van der Waals surface area contributed by atoms with Gasteiger partial charge in [0, 0.05) is 17.2 Å². The molecule has 0 saturated carbocycles. The van der Waals surface area contributed by atoms with Crippen molar-refractivity contribution in [3.8, 4) is 5.75 Å². The molecule has 3 rings (SSSR count). The Morgan fingerprint density at radius 3 is 2.75 bits per heavy atom. The molecule has 1 saturated heterocycles. The summed E-state index contributed by atoms with van der Waals surface area (Å²) in [5, 5.41) is 3.15. The van der Waals surface area contributed by atoms with Gasteiger partial charge in [-0.15, -0.1) is 0 Å². The van der Waals surface area contributed by atoms with E-state index in [0.29, 0.717) is 18.6 Å². The molecule has 0 spiro atoms. The van der Waals surface area contributed by atoms with Gasteiger partial charge < -0.3 is 9.47 Å². The summed E-state index contributed by atoms with van der Waals surface area (Å²) < 4.78 is 11.0. The van der Waals surface area contributed by atoms with Crippen molar-refractivity contribution >= 4 is 22.5 Å². The zero-order valence-corrected chi connectivity index (χ0v) is 12.6. The fourth-order valence-corrected chi connectivity index (χ4v) is 4.05. The Labute approximate surface area is 124 Å². The minimum atomic E-state index is 0.317. The summed E-state index contributed by atoms with van der Waals surface area (Å²) >= 11 is 2.07. The third kappa shape index (κ3) is 2.79. The topological polar surface area (TPSA) is 18.5 Å². The number of thioether (sulfide) groups is 1. The highest BCUT2D eigenvalue weighted by Crippen LogP contribution is 2.43. The van der Waals surface area contributed by atoms with Gasteiger partial charge in [-0.05, 0) is 42.5 Å². The maximum Gasteiger partial charge on any atom is 0.189 e. The van der Waals surface area contributed by atoms with Crippen LogP contribution in [-0.2, 0) is 4.74 Å². The van der Waals surface area contributed by atoms with Crippen molar-refractivity contribution < 1.29 is 9.47 Å². The van der Waals surface area contributed by atoms with Gasteiger partial charge in [0.15, 0.2) is 6.79 Å². The lowest BCUT2D eigenvalue weighted by Gasteiger charge is -2.15. The van der Waals surface area contributed by atoms with E-state index in [4.69, 9.17) is 9.47 Å². The number of rotatable bonds is 5. The molecule has 1 aliphatic rings. The first kappa shape index (κ1) is 13.8. The SMILES string of the molecule is CCOCOc1ccc(C2CCCS2)c2ccccc12. The van der Waals surface area contributed by atoms with E-state index >= 15 is 0 Å². The first-order chi connectivity index (χ1) is 9.90. The second-order valence-corrected chi connectivity index (χ2v) is 6.27. The number of fused-ring (bicyclic) bond motifs is 1. The fourth-order valence-electron chi connectivity index (χ4n) is 2.71. The van der Waals surface area contributed by atoms with Crippen LogP contribution in [0.25, 0.3) is 10.8 Å². The molecule has 2 nitrogen and oxygen atoms in total. The summed E-state index contributed by atoms with van der Waals surface area (Å²) in [7, 11) is 0. The van der Waals surface area contributed by atoms with Gasteiger partial charge in [0.25, 0.3) is 0 Å². The molecule has 1 unspecified atom stereocenters. The lowest BCUT2D eigenvalue weighted by molar-refractivity contribution is 0.0233. The quantitative estimate of drug-likeness (QED) is 0.582. The molecule has 1 fully saturated rings. The van der Waals surface area contributed by atoms with Crippen LogP contribution in [0.1, 0.15) is 30.6 Å². The highest BCUT2D eigenvalue weighted by molar-refractivity contribution is 7.99. The van der Waals surface area contributed by atoms with Crippen LogP contribution in [0.15, 0.2) is 36.4 Å². The van der Waals surface area contributed by atoms with Gasteiger partial charge in [-0.25, -0.2) is 0 Å². The smallest absolute Gasteiger partial charge is 0.189 e. The first-order valence-electron chi connectivity index (χ1n) is 7.24. The van der Waals surface area contributed by atoms with Crippen LogP contribution >= 0.6 is 11.8 Å². The van der Waals surface area contributed by atoms with E-state index in [2.05, 4.69) is 48.2 Å². The van der Waals surface area contributed by atoms with Crippen LogP contribution in [0.5, 0.6) is 5.75 Å². The zero-order chi connectivity index (χ0) is 13.8. The minimum Gasteiger partial charge on any atom is -0.467 e. The maximum atomic E-state index is 5.75. The maximum absolute atomic E-state index is 5.75. The van der Waals surface area contributed by atoms with E-state index in [0.717, 1.165) is 5.75 Å². The van der Waals surface area contributed by atoms with Crippen molar-refractivity contribution in [1.82, 2.24) is 0 Å². The van der Waals surface area contributed by atoms with Crippen molar-refractivity contribution in [2.75, 3.05) is 19.2 Å². The summed E-state index contributed by atoms with van der Waals surface area (Å²) in [5.74, 6) is 2.20. The van der Waals surface area contributed by atoms with E-state index in [1.807, 2.05) is 6.92 Å². The molecule has 0 N–H and O–H groups in total. The second-order valence-electron chi connectivity index (χ2n) is 4.96. The lowest BCUT2D eigenvalue weighted by atomic mass is 9.99. The highest BCUT2D eigenvalue weighted by Gasteiger charge is 2.20. The van der Waals surface area contributed by atoms with Gasteiger partial charge >= 0.3 is 0 Å². The van der Waals surface area contributed by atoms with Crippen LogP contribution in [0.2, 0.25) is 0 Å². The van der Waals surface area contributed by atoms with Gasteiger partial charge in [0.2, 0.25) is 0 Å². The summed E-state index contributed by atoms with van der Waals surface area (Å²) in [4.78, 5) is 0. The predicted octanol–water partition coefficient (Wildman–Crippen LogP) is 4.78. The third-order valence-electron chi connectivity index (χ3n) is 3.70. The van der Waals surface area contributed by atoms with Crippen LogP contribution in [0, 0.1) is 0 Å². The van der Waals surface area contributed by atoms with Crippen molar-refractivity contribution in [3.05, 3.63) is 42.0 Å². The molecule has 106 valence electrons. The Morgan fingerprint density at radius 2 is 2.00 bits per heavy atom.